The molecule has 8 nitrogen and oxygen atoms in total. The van der Waals surface area contributed by atoms with Crippen molar-refractivity contribution in [3.05, 3.63) is 48.4 Å². The smallest absolute Gasteiger partial charge is 0.287 e. The zero-order valence-electron chi connectivity index (χ0n) is 16.7. The molecule has 2 saturated heterocycles. The molecule has 2 amide bonds. The zero-order chi connectivity index (χ0) is 21.3. The van der Waals surface area contributed by atoms with E-state index < -0.39 is 10.0 Å². The number of rotatable bonds is 5. The summed E-state index contributed by atoms with van der Waals surface area (Å²) in [5.74, 6) is -0.221. The molecule has 2 fully saturated rings. The number of nitrogens with one attached hydrogen (secondary N) is 2. The van der Waals surface area contributed by atoms with E-state index in [-0.39, 0.29) is 40.6 Å². The van der Waals surface area contributed by atoms with E-state index in [1.807, 2.05) is 0 Å². The van der Waals surface area contributed by atoms with Crippen molar-refractivity contribution in [1.82, 2.24) is 9.62 Å². The molecule has 0 radical (unpaired) electrons. The molecule has 2 aliphatic rings. The van der Waals surface area contributed by atoms with Crippen molar-refractivity contribution in [1.29, 1.82) is 0 Å². The molecular weight excluding hydrogens is 406 g/mol. The molecule has 2 aliphatic heterocycles. The van der Waals surface area contributed by atoms with Crippen molar-refractivity contribution in [2.75, 3.05) is 5.32 Å². The van der Waals surface area contributed by atoms with Crippen molar-refractivity contribution in [3.8, 4) is 0 Å². The highest BCUT2D eigenvalue weighted by Crippen LogP contribution is 2.38. The van der Waals surface area contributed by atoms with Gasteiger partial charge >= 0.3 is 0 Å². The fourth-order valence-corrected chi connectivity index (χ4v) is 6.44. The second-order valence-electron chi connectivity index (χ2n) is 7.90. The van der Waals surface area contributed by atoms with E-state index in [0.29, 0.717) is 18.5 Å². The molecular formula is C21H25N3O5S. The molecule has 9 heteroatoms. The van der Waals surface area contributed by atoms with Crippen LogP contribution in [0.2, 0.25) is 0 Å². The summed E-state index contributed by atoms with van der Waals surface area (Å²) in [6.45, 7) is 1.40. The molecule has 0 aliphatic carbocycles. The SMILES string of the molecule is CC(=O)Nc1ccc(S(=O)(=O)N2C3CCCC2CC(NC(=O)c2ccco2)C3)cc1. The van der Waals surface area contributed by atoms with E-state index in [9.17, 15) is 18.0 Å². The van der Waals surface area contributed by atoms with Crippen LogP contribution in [0.4, 0.5) is 5.69 Å². The normalized spacial score (nSPS) is 24.2. The van der Waals surface area contributed by atoms with Gasteiger partial charge in [-0.2, -0.15) is 4.31 Å². The third kappa shape index (κ3) is 4.13. The van der Waals surface area contributed by atoms with Gasteiger partial charge in [-0.1, -0.05) is 6.42 Å². The Balaban J connectivity index is 1.50. The maximum atomic E-state index is 13.4. The van der Waals surface area contributed by atoms with E-state index in [1.165, 1.54) is 25.3 Å². The first-order chi connectivity index (χ1) is 14.3. The molecule has 0 spiro atoms. The zero-order valence-corrected chi connectivity index (χ0v) is 17.5. The Morgan fingerprint density at radius 1 is 1.07 bits per heavy atom. The fraction of sp³-hybridized carbons (Fsp3) is 0.429. The van der Waals surface area contributed by atoms with Crippen LogP contribution < -0.4 is 10.6 Å². The number of hydrogen-bond donors (Lipinski definition) is 2. The van der Waals surface area contributed by atoms with Crippen LogP contribution >= 0.6 is 0 Å². The summed E-state index contributed by atoms with van der Waals surface area (Å²) in [4.78, 5) is 23.7. The van der Waals surface area contributed by atoms with Crippen LogP contribution in [0.5, 0.6) is 0 Å². The Morgan fingerprint density at radius 2 is 1.73 bits per heavy atom. The molecule has 2 unspecified atom stereocenters. The lowest BCUT2D eigenvalue weighted by Crippen LogP contribution is -2.58. The predicted octanol–water partition coefficient (Wildman–Crippen LogP) is 2.74. The summed E-state index contributed by atoms with van der Waals surface area (Å²) in [6, 6.07) is 9.13. The molecule has 30 heavy (non-hydrogen) atoms. The summed E-state index contributed by atoms with van der Waals surface area (Å²) in [6.07, 6.45) is 5.12. The van der Waals surface area contributed by atoms with Crippen molar-refractivity contribution in [2.45, 2.75) is 62.0 Å². The topological polar surface area (TPSA) is 109 Å². The minimum absolute atomic E-state index is 0.0912. The van der Waals surface area contributed by atoms with Gasteiger partial charge in [0.25, 0.3) is 5.91 Å². The molecule has 2 N–H and O–H groups in total. The van der Waals surface area contributed by atoms with Crippen molar-refractivity contribution in [3.63, 3.8) is 0 Å². The monoisotopic (exact) mass is 431 g/mol. The van der Waals surface area contributed by atoms with E-state index in [1.54, 1.807) is 28.6 Å². The number of anilines is 1. The van der Waals surface area contributed by atoms with Crippen LogP contribution in [0.15, 0.2) is 52.0 Å². The average molecular weight is 432 g/mol. The maximum Gasteiger partial charge on any atom is 0.287 e. The summed E-state index contributed by atoms with van der Waals surface area (Å²) in [7, 11) is -3.67. The van der Waals surface area contributed by atoms with Gasteiger partial charge in [-0.15, -0.1) is 0 Å². The molecule has 4 rings (SSSR count). The Hall–Kier alpha value is -2.65. The van der Waals surface area contributed by atoms with Crippen molar-refractivity contribution in [2.24, 2.45) is 0 Å². The number of amides is 2. The summed E-state index contributed by atoms with van der Waals surface area (Å²) < 4.78 is 33.6. The van der Waals surface area contributed by atoms with Gasteiger partial charge in [0.05, 0.1) is 11.2 Å². The Bertz CT molecular complexity index is 1000. The number of hydrogen-bond acceptors (Lipinski definition) is 5. The first-order valence-electron chi connectivity index (χ1n) is 10.1. The Kier molecular flexibility index (Phi) is 5.66. The van der Waals surface area contributed by atoms with E-state index >= 15 is 0 Å². The van der Waals surface area contributed by atoms with Gasteiger partial charge in [-0.25, -0.2) is 8.42 Å². The van der Waals surface area contributed by atoms with Gasteiger partial charge in [-0.05, 0) is 62.1 Å². The summed E-state index contributed by atoms with van der Waals surface area (Å²) >= 11 is 0. The van der Waals surface area contributed by atoms with Crippen molar-refractivity contribution >= 4 is 27.5 Å². The molecule has 1 aromatic carbocycles. The lowest BCUT2D eigenvalue weighted by molar-refractivity contribution is -0.114. The Morgan fingerprint density at radius 3 is 2.30 bits per heavy atom. The molecule has 160 valence electrons. The third-order valence-corrected chi connectivity index (χ3v) is 7.76. The average Bonchev–Trinajstić information content (AvgIpc) is 3.22. The molecule has 0 saturated carbocycles. The summed E-state index contributed by atoms with van der Waals surface area (Å²) in [5.41, 5.74) is 0.556. The lowest BCUT2D eigenvalue weighted by Gasteiger charge is -2.47. The van der Waals surface area contributed by atoms with Crippen LogP contribution in [-0.2, 0) is 14.8 Å². The molecule has 3 heterocycles. The van der Waals surface area contributed by atoms with Gasteiger partial charge < -0.3 is 15.1 Å². The van der Waals surface area contributed by atoms with Crippen LogP contribution in [0.3, 0.4) is 0 Å². The molecule has 2 atom stereocenters. The minimum Gasteiger partial charge on any atom is -0.459 e. The van der Waals surface area contributed by atoms with Gasteiger partial charge in [0.15, 0.2) is 5.76 Å². The van der Waals surface area contributed by atoms with Crippen LogP contribution in [0.25, 0.3) is 0 Å². The molecule has 2 aromatic rings. The minimum atomic E-state index is -3.67. The van der Waals surface area contributed by atoms with E-state index in [4.69, 9.17) is 4.42 Å². The molecule has 2 bridgehead atoms. The third-order valence-electron chi connectivity index (χ3n) is 5.74. The first kappa shape index (κ1) is 20.6. The van der Waals surface area contributed by atoms with E-state index in [2.05, 4.69) is 10.6 Å². The highest BCUT2D eigenvalue weighted by molar-refractivity contribution is 7.89. The number of nitrogens with zero attached hydrogens (tertiary/aromatic N) is 1. The van der Waals surface area contributed by atoms with Crippen molar-refractivity contribution < 1.29 is 22.4 Å². The predicted molar refractivity (Wildman–Crippen MR) is 110 cm³/mol. The standard InChI is InChI=1S/C21H25N3O5S/c1-14(25)22-15-7-9-19(10-8-15)30(27,28)24-17-4-2-5-18(24)13-16(12-17)23-21(26)20-6-3-11-29-20/h3,6-11,16-18H,2,4-5,12-13H2,1H3,(H,22,25)(H,23,26). The van der Waals surface area contributed by atoms with E-state index in [0.717, 1.165) is 19.3 Å². The quantitative estimate of drug-likeness (QED) is 0.757. The number of furan rings is 1. The van der Waals surface area contributed by atoms with Gasteiger partial charge in [0, 0.05) is 30.7 Å². The number of benzene rings is 1. The number of carbonyl (C=O) groups excluding carboxylic acids is 2. The van der Waals surface area contributed by atoms with Crippen LogP contribution in [-0.4, -0.2) is 42.7 Å². The lowest BCUT2D eigenvalue weighted by atomic mass is 9.84. The van der Waals surface area contributed by atoms with Gasteiger partial charge in [-0.3, -0.25) is 9.59 Å². The summed E-state index contributed by atoms with van der Waals surface area (Å²) in [5, 5.41) is 5.64. The number of sulfonamides is 1. The first-order valence-corrected chi connectivity index (χ1v) is 11.5. The highest BCUT2D eigenvalue weighted by atomic mass is 32.2. The second-order valence-corrected chi connectivity index (χ2v) is 9.74. The number of fused-ring (bicyclic) bond motifs is 2. The second kappa shape index (κ2) is 8.23. The Labute approximate surface area is 175 Å². The maximum absolute atomic E-state index is 13.4. The number of carbonyl (C=O) groups is 2. The largest absolute Gasteiger partial charge is 0.459 e. The van der Waals surface area contributed by atoms with Crippen LogP contribution in [0.1, 0.15) is 49.6 Å². The van der Waals surface area contributed by atoms with Gasteiger partial charge in [0.2, 0.25) is 15.9 Å². The van der Waals surface area contributed by atoms with Gasteiger partial charge in [0.1, 0.15) is 0 Å². The molecule has 1 aromatic heterocycles. The fourth-order valence-electron chi connectivity index (χ4n) is 4.55. The van der Waals surface area contributed by atoms with Crippen LogP contribution in [0, 0.1) is 0 Å². The highest BCUT2D eigenvalue weighted by Gasteiger charge is 2.45. The number of piperidine rings is 2.